The molecule has 8 heteroatoms. The summed E-state index contributed by atoms with van der Waals surface area (Å²) in [6.45, 7) is 2.35. The summed E-state index contributed by atoms with van der Waals surface area (Å²) in [4.78, 5) is 0. The number of hydrogen-bond donors (Lipinski definition) is 2. The molecule has 26 heavy (non-hydrogen) atoms. The average molecular weight is 355 g/mol. The van der Waals surface area contributed by atoms with Gasteiger partial charge in [-0.1, -0.05) is 35.4 Å². The molecule has 136 valence electrons. The fourth-order valence-electron chi connectivity index (χ4n) is 2.34. The maximum absolute atomic E-state index is 8.65. The summed E-state index contributed by atoms with van der Waals surface area (Å²) in [5, 5.41) is 23.6. The van der Waals surface area contributed by atoms with E-state index in [1.165, 1.54) is 0 Å². The van der Waals surface area contributed by atoms with Crippen molar-refractivity contribution in [3.8, 4) is 17.4 Å². The van der Waals surface area contributed by atoms with E-state index in [9.17, 15) is 0 Å². The molecule has 0 aliphatic heterocycles. The van der Waals surface area contributed by atoms with Crippen molar-refractivity contribution in [3.63, 3.8) is 0 Å². The Bertz CT molecular complexity index is 794. The molecule has 0 saturated carbocycles. The van der Waals surface area contributed by atoms with Gasteiger partial charge in [0.2, 0.25) is 0 Å². The highest BCUT2D eigenvalue weighted by atomic mass is 16.5. The Balaban J connectivity index is 1.59. The van der Waals surface area contributed by atoms with Crippen LogP contribution in [0.25, 0.3) is 5.69 Å². The molecule has 3 rings (SSSR count). The molecule has 0 amide bonds. The van der Waals surface area contributed by atoms with Gasteiger partial charge in [0.05, 0.1) is 25.5 Å². The lowest BCUT2D eigenvalue weighted by Gasteiger charge is -2.09. The minimum Gasteiger partial charge on any atom is -0.423 e. The normalized spacial score (nSPS) is 10.8. The monoisotopic (exact) mass is 355 g/mol. The maximum atomic E-state index is 8.65. The second-order valence-corrected chi connectivity index (χ2v) is 5.47. The molecule has 1 aromatic heterocycles. The third-order valence-electron chi connectivity index (χ3n) is 3.54. The number of hydrogen-bond acceptors (Lipinski definition) is 7. The van der Waals surface area contributed by atoms with E-state index in [1.54, 1.807) is 4.68 Å². The van der Waals surface area contributed by atoms with Crippen LogP contribution in [-0.2, 0) is 11.3 Å². The topological polar surface area (TPSA) is 94.3 Å². The third kappa shape index (κ3) is 5.09. The van der Waals surface area contributed by atoms with Gasteiger partial charge in [0.25, 0.3) is 0 Å². The summed E-state index contributed by atoms with van der Waals surface area (Å²) >= 11 is 0. The summed E-state index contributed by atoms with van der Waals surface area (Å²) < 4.78 is 12.6. The van der Waals surface area contributed by atoms with Crippen molar-refractivity contribution >= 4 is 0 Å². The minimum absolute atomic E-state index is 0.0435. The number of nitrogens with zero attached hydrogens (tertiary/aromatic N) is 4. The first-order valence-corrected chi connectivity index (χ1v) is 8.37. The standard InChI is InChI=1S/C18H21N5O3/c24-10-12-25-11-9-19-14-15-5-4-8-17(13-15)26-18-20-21-22-23(18)16-6-2-1-3-7-16/h1-8,13,19,24H,9-12,14H2. The fourth-order valence-corrected chi connectivity index (χ4v) is 2.34. The van der Waals surface area contributed by atoms with Gasteiger partial charge in [0.15, 0.2) is 0 Å². The summed E-state index contributed by atoms with van der Waals surface area (Å²) in [6.07, 6.45) is 0. The molecule has 8 nitrogen and oxygen atoms in total. The molecule has 0 saturated heterocycles. The Morgan fingerprint density at radius 3 is 2.77 bits per heavy atom. The lowest BCUT2D eigenvalue weighted by Crippen LogP contribution is -2.20. The van der Waals surface area contributed by atoms with E-state index in [4.69, 9.17) is 14.6 Å². The van der Waals surface area contributed by atoms with E-state index in [-0.39, 0.29) is 6.61 Å². The van der Waals surface area contributed by atoms with Crippen LogP contribution in [0.1, 0.15) is 5.56 Å². The second-order valence-electron chi connectivity index (χ2n) is 5.47. The Kier molecular flexibility index (Phi) is 6.66. The first-order chi connectivity index (χ1) is 12.9. The summed E-state index contributed by atoms with van der Waals surface area (Å²) in [6, 6.07) is 17.6. The number of aromatic nitrogens is 4. The largest absolute Gasteiger partial charge is 0.423 e. The van der Waals surface area contributed by atoms with Crippen molar-refractivity contribution in [1.82, 2.24) is 25.5 Å². The molecule has 0 radical (unpaired) electrons. The summed E-state index contributed by atoms with van der Waals surface area (Å²) in [7, 11) is 0. The molecule has 0 unspecified atom stereocenters. The molecule has 0 atom stereocenters. The van der Waals surface area contributed by atoms with Gasteiger partial charge in [-0.05, 0) is 40.3 Å². The number of aliphatic hydroxyl groups is 1. The highest BCUT2D eigenvalue weighted by molar-refractivity contribution is 5.34. The second kappa shape index (κ2) is 9.62. The molecule has 3 aromatic rings. The van der Waals surface area contributed by atoms with Crippen molar-refractivity contribution in [2.75, 3.05) is 26.4 Å². The number of nitrogens with one attached hydrogen (secondary N) is 1. The smallest absolute Gasteiger partial charge is 0.345 e. The molecule has 0 fully saturated rings. The average Bonchev–Trinajstić information content (AvgIpc) is 3.14. The fraction of sp³-hybridized carbons (Fsp3) is 0.278. The zero-order valence-electron chi connectivity index (χ0n) is 14.3. The molecule has 0 bridgehead atoms. The SMILES string of the molecule is OCCOCCNCc1cccc(Oc2nnnn2-c2ccccc2)c1. The number of tetrazole rings is 1. The van der Waals surface area contributed by atoms with Crippen LogP contribution in [0.4, 0.5) is 0 Å². The van der Waals surface area contributed by atoms with Crippen LogP contribution in [0.15, 0.2) is 54.6 Å². The van der Waals surface area contributed by atoms with Gasteiger partial charge < -0.3 is 19.9 Å². The van der Waals surface area contributed by atoms with Gasteiger partial charge in [0, 0.05) is 13.1 Å². The van der Waals surface area contributed by atoms with E-state index in [2.05, 4.69) is 20.8 Å². The van der Waals surface area contributed by atoms with Gasteiger partial charge in [-0.25, -0.2) is 0 Å². The van der Waals surface area contributed by atoms with E-state index >= 15 is 0 Å². The Morgan fingerprint density at radius 1 is 1.04 bits per heavy atom. The quantitative estimate of drug-likeness (QED) is 0.533. The predicted molar refractivity (Wildman–Crippen MR) is 95.3 cm³/mol. The van der Waals surface area contributed by atoms with Crippen LogP contribution in [0.2, 0.25) is 0 Å². The molecule has 1 heterocycles. The Hall–Kier alpha value is -2.81. The lowest BCUT2D eigenvalue weighted by molar-refractivity contribution is 0.0938. The van der Waals surface area contributed by atoms with Crippen LogP contribution in [0, 0.1) is 0 Å². The first kappa shape index (κ1) is 18.0. The van der Waals surface area contributed by atoms with Gasteiger partial charge in [0.1, 0.15) is 5.75 Å². The van der Waals surface area contributed by atoms with E-state index in [1.807, 2.05) is 54.6 Å². The number of rotatable bonds is 10. The van der Waals surface area contributed by atoms with Crippen LogP contribution in [-0.4, -0.2) is 51.7 Å². The molecule has 2 N–H and O–H groups in total. The zero-order chi connectivity index (χ0) is 18.0. The highest BCUT2D eigenvalue weighted by Crippen LogP contribution is 2.21. The molecule has 0 spiro atoms. The molecule has 2 aromatic carbocycles. The van der Waals surface area contributed by atoms with Crippen LogP contribution < -0.4 is 10.1 Å². The van der Waals surface area contributed by atoms with Gasteiger partial charge >= 0.3 is 6.01 Å². The van der Waals surface area contributed by atoms with Crippen LogP contribution in [0.3, 0.4) is 0 Å². The van der Waals surface area contributed by atoms with Crippen molar-refractivity contribution in [2.24, 2.45) is 0 Å². The lowest BCUT2D eigenvalue weighted by atomic mass is 10.2. The molecule has 0 aliphatic carbocycles. The summed E-state index contributed by atoms with van der Waals surface area (Å²) in [5.74, 6) is 0.660. The highest BCUT2D eigenvalue weighted by Gasteiger charge is 2.10. The van der Waals surface area contributed by atoms with Crippen molar-refractivity contribution < 1.29 is 14.6 Å². The maximum Gasteiger partial charge on any atom is 0.345 e. The third-order valence-corrected chi connectivity index (χ3v) is 3.54. The van der Waals surface area contributed by atoms with Crippen LogP contribution in [0.5, 0.6) is 11.8 Å². The molecular formula is C18H21N5O3. The summed E-state index contributed by atoms with van der Waals surface area (Å²) in [5.41, 5.74) is 1.90. The van der Waals surface area contributed by atoms with E-state index in [0.29, 0.717) is 38.1 Å². The Morgan fingerprint density at radius 2 is 1.92 bits per heavy atom. The van der Waals surface area contributed by atoms with Crippen molar-refractivity contribution in [2.45, 2.75) is 6.54 Å². The number of para-hydroxylation sites is 1. The Labute approximate surface area is 151 Å². The number of aliphatic hydroxyl groups excluding tert-OH is 1. The number of benzene rings is 2. The number of ether oxygens (including phenoxy) is 2. The zero-order valence-corrected chi connectivity index (χ0v) is 14.3. The molecule has 0 aliphatic rings. The van der Waals surface area contributed by atoms with Crippen molar-refractivity contribution in [1.29, 1.82) is 0 Å². The van der Waals surface area contributed by atoms with Crippen LogP contribution >= 0.6 is 0 Å². The minimum atomic E-state index is 0.0435. The van der Waals surface area contributed by atoms with Gasteiger partial charge in [-0.2, -0.15) is 4.68 Å². The van der Waals surface area contributed by atoms with Gasteiger partial charge in [-0.15, -0.1) is 0 Å². The first-order valence-electron chi connectivity index (χ1n) is 8.37. The molecular weight excluding hydrogens is 334 g/mol. The van der Waals surface area contributed by atoms with Crippen molar-refractivity contribution in [3.05, 3.63) is 60.2 Å². The van der Waals surface area contributed by atoms with E-state index < -0.39 is 0 Å². The van der Waals surface area contributed by atoms with Gasteiger partial charge in [-0.3, -0.25) is 0 Å². The van der Waals surface area contributed by atoms with E-state index in [0.717, 1.165) is 11.3 Å². The predicted octanol–water partition coefficient (Wildman–Crippen LogP) is 1.55.